The summed E-state index contributed by atoms with van der Waals surface area (Å²) in [7, 11) is 0. The van der Waals surface area contributed by atoms with Crippen molar-refractivity contribution >= 4 is 17.4 Å². The molecule has 0 radical (unpaired) electrons. The van der Waals surface area contributed by atoms with Gasteiger partial charge in [0, 0.05) is 6.54 Å². The van der Waals surface area contributed by atoms with Gasteiger partial charge in [0.1, 0.15) is 0 Å². The van der Waals surface area contributed by atoms with E-state index in [1.165, 1.54) is 4.90 Å². The zero-order valence-electron chi connectivity index (χ0n) is 12.3. The molecule has 0 aromatic heterocycles. The molecule has 20 heavy (non-hydrogen) atoms. The van der Waals surface area contributed by atoms with Gasteiger partial charge in [-0.3, -0.25) is 9.59 Å². The highest BCUT2D eigenvalue weighted by molar-refractivity contribution is 6.52. The van der Waals surface area contributed by atoms with Crippen LogP contribution in [-0.2, 0) is 4.79 Å². The van der Waals surface area contributed by atoms with E-state index < -0.39 is 17.1 Å². The highest BCUT2D eigenvalue weighted by Gasteiger charge is 2.37. The monoisotopic (exact) mass is 270 g/mol. The van der Waals surface area contributed by atoms with Gasteiger partial charge < -0.3 is 4.90 Å². The Balaban J connectivity index is 2.37. The maximum atomic E-state index is 12.1. The lowest BCUT2D eigenvalue weighted by Gasteiger charge is -2.22. The predicted octanol–water partition coefficient (Wildman–Crippen LogP) is 2.77. The van der Waals surface area contributed by atoms with Crippen LogP contribution >= 0.6 is 0 Å². The number of fused-ring (bicyclic) bond motifs is 1. The van der Waals surface area contributed by atoms with Crippen molar-refractivity contribution < 1.29 is 9.59 Å². The Hall–Kier alpha value is -2.15. The van der Waals surface area contributed by atoms with Crippen LogP contribution in [0, 0.1) is 30.6 Å². The minimum Gasteiger partial charge on any atom is -0.304 e. The summed E-state index contributed by atoms with van der Waals surface area (Å²) in [6.07, 6.45) is 0.537. The van der Waals surface area contributed by atoms with Gasteiger partial charge in [-0.25, -0.2) is 0 Å². The van der Waals surface area contributed by atoms with E-state index in [-0.39, 0.29) is 0 Å². The Morgan fingerprint density at radius 1 is 1.25 bits per heavy atom. The van der Waals surface area contributed by atoms with Crippen LogP contribution in [0.25, 0.3) is 0 Å². The second kappa shape index (κ2) is 4.75. The molecule has 0 aliphatic carbocycles. The molecule has 0 atom stereocenters. The van der Waals surface area contributed by atoms with Crippen LogP contribution < -0.4 is 4.90 Å². The standard InChI is InChI=1S/C16H18N2O2/c1-10-7-11(2)13-12(8-10)14(19)15(20)18(13)6-5-16(3,4)9-17/h7-8H,5-6H2,1-4H3. The highest BCUT2D eigenvalue weighted by atomic mass is 16.2. The zero-order valence-corrected chi connectivity index (χ0v) is 12.3. The van der Waals surface area contributed by atoms with Crippen LogP contribution in [0.15, 0.2) is 12.1 Å². The molecule has 1 amide bonds. The summed E-state index contributed by atoms with van der Waals surface area (Å²) in [4.78, 5) is 25.7. The Kier molecular flexibility index (Phi) is 3.39. The Labute approximate surface area is 119 Å². The summed E-state index contributed by atoms with van der Waals surface area (Å²) in [6, 6.07) is 5.94. The zero-order chi connectivity index (χ0) is 15.1. The predicted molar refractivity (Wildman–Crippen MR) is 76.6 cm³/mol. The van der Waals surface area contributed by atoms with E-state index in [0.29, 0.717) is 24.2 Å². The number of hydrogen-bond donors (Lipinski definition) is 0. The largest absolute Gasteiger partial charge is 0.304 e. The number of nitrogens with zero attached hydrogens (tertiary/aromatic N) is 2. The number of carbonyl (C=O) groups is 2. The summed E-state index contributed by atoms with van der Waals surface area (Å²) in [6.45, 7) is 7.87. The van der Waals surface area contributed by atoms with E-state index in [4.69, 9.17) is 5.26 Å². The molecule has 104 valence electrons. The van der Waals surface area contributed by atoms with Gasteiger partial charge in [0.2, 0.25) is 0 Å². The van der Waals surface area contributed by atoms with Crippen LogP contribution in [0.5, 0.6) is 0 Å². The van der Waals surface area contributed by atoms with Gasteiger partial charge in [0.05, 0.1) is 22.7 Å². The minimum absolute atomic E-state index is 0.391. The van der Waals surface area contributed by atoms with Gasteiger partial charge >= 0.3 is 0 Å². The van der Waals surface area contributed by atoms with E-state index in [0.717, 1.165) is 11.1 Å². The van der Waals surface area contributed by atoms with E-state index in [1.54, 1.807) is 6.07 Å². The van der Waals surface area contributed by atoms with Crippen molar-refractivity contribution in [2.24, 2.45) is 5.41 Å². The van der Waals surface area contributed by atoms with Crippen LogP contribution in [-0.4, -0.2) is 18.2 Å². The van der Waals surface area contributed by atoms with Gasteiger partial charge in [0.25, 0.3) is 11.7 Å². The smallest absolute Gasteiger partial charge is 0.299 e. The Bertz CT molecular complexity index is 639. The van der Waals surface area contributed by atoms with Crippen molar-refractivity contribution in [3.8, 4) is 6.07 Å². The number of ketones is 1. The summed E-state index contributed by atoms with van der Waals surface area (Å²) >= 11 is 0. The quantitative estimate of drug-likeness (QED) is 0.793. The number of Topliss-reactive ketones (excluding diaryl/α,β-unsaturated/α-hetero) is 1. The molecule has 0 bridgehead atoms. The summed E-state index contributed by atoms with van der Waals surface area (Å²) in [5.41, 5.74) is 2.59. The Morgan fingerprint density at radius 3 is 2.50 bits per heavy atom. The number of aryl methyl sites for hydroxylation is 2. The summed E-state index contributed by atoms with van der Waals surface area (Å²) < 4.78 is 0. The fourth-order valence-electron chi connectivity index (χ4n) is 2.49. The fraction of sp³-hybridized carbons (Fsp3) is 0.438. The second-order valence-electron chi connectivity index (χ2n) is 6.01. The maximum absolute atomic E-state index is 12.1. The first-order valence-electron chi connectivity index (χ1n) is 6.65. The Morgan fingerprint density at radius 2 is 1.90 bits per heavy atom. The maximum Gasteiger partial charge on any atom is 0.299 e. The van der Waals surface area contributed by atoms with Crippen molar-refractivity contribution in [1.29, 1.82) is 5.26 Å². The van der Waals surface area contributed by atoms with E-state index in [2.05, 4.69) is 6.07 Å². The van der Waals surface area contributed by atoms with E-state index >= 15 is 0 Å². The molecule has 0 unspecified atom stereocenters. The molecule has 1 aliphatic heterocycles. The molecule has 0 spiro atoms. The molecule has 1 aromatic rings. The lowest BCUT2D eigenvalue weighted by atomic mass is 9.91. The highest BCUT2D eigenvalue weighted by Crippen LogP contribution is 2.34. The molecular weight excluding hydrogens is 252 g/mol. The summed E-state index contributed by atoms with van der Waals surface area (Å²) in [5.74, 6) is -0.927. The van der Waals surface area contributed by atoms with E-state index in [1.807, 2.05) is 33.8 Å². The minimum atomic E-state index is -0.509. The number of anilines is 1. The lowest BCUT2D eigenvalue weighted by molar-refractivity contribution is -0.114. The van der Waals surface area contributed by atoms with Crippen molar-refractivity contribution in [3.05, 3.63) is 28.8 Å². The molecule has 0 saturated carbocycles. The van der Waals surface area contributed by atoms with Crippen LogP contribution in [0.4, 0.5) is 5.69 Å². The van der Waals surface area contributed by atoms with Gasteiger partial charge in [-0.05, 0) is 51.3 Å². The first-order valence-corrected chi connectivity index (χ1v) is 6.65. The third-order valence-electron chi connectivity index (χ3n) is 3.66. The molecule has 1 aromatic carbocycles. The van der Waals surface area contributed by atoms with Gasteiger partial charge in [0.15, 0.2) is 0 Å². The first-order chi connectivity index (χ1) is 9.26. The van der Waals surface area contributed by atoms with Crippen molar-refractivity contribution in [3.63, 3.8) is 0 Å². The number of benzene rings is 1. The van der Waals surface area contributed by atoms with Gasteiger partial charge in [-0.1, -0.05) is 6.07 Å². The molecular formula is C16H18N2O2. The van der Waals surface area contributed by atoms with Crippen molar-refractivity contribution in [2.45, 2.75) is 34.1 Å². The number of hydrogen-bond acceptors (Lipinski definition) is 3. The molecule has 4 heteroatoms. The summed E-state index contributed by atoms with van der Waals surface area (Å²) in [5, 5.41) is 9.05. The normalized spacial score (nSPS) is 14.4. The molecule has 0 N–H and O–H groups in total. The number of rotatable bonds is 3. The SMILES string of the molecule is Cc1cc(C)c2c(c1)C(=O)C(=O)N2CCC(C)(C)C#N. The van der Waals surface area contributed by atoms with Gasteiger partial charge in [-0.15, -0.1) is 0 Å². The molecule has 2 rings (SSSR count). The molecule has 4 nitrogen and oxygen atoms in total. The average Bonchev–Trinajstić information content (AvgIpc) is 2.61. The molecule has 1 aliphatic rings. The van der Waals surface area contributed by atoms with Crippen molar-refractivity contribution in [1.82, 2.24) is 0 Å². The number of nitriles is 1. The van der Waals surface area contributed by atoms with Gasteiger partial charge in [-0.2, -0.15) is 5.26 Å². The number of carbonyl (C=O) groups excluding carboxylic acids is 2. The van der Waals surface area contributed by atoms with Crippen LogP contribution in [0.1, 0.15) is 41.8 Å². The second-order valence-corrected chi connectivity index (χ2v) is 6.01. The molecule has 1 heterocycles. The average molecular weight is 270 g/mol. The molecule has 0 fully saturated rings. The number of amides is 1. The lowest BCUT2D eigenvalue weighted by Crippen LogP contribution is -2.33. The van der Waals surface area contributed by atoms with Crippen LogP contribution in [0.3, 0.4) is 0 Å². The van der Waals surface area contributed by atoms with E-state index in [9.17, 15) is 9.59 Å². The van der Waals surface area contributed by atoms with Crippen molar-refractivity contribution in [2.75, 3.05) is 11.4 Å². The van der Waals surface area contributed by atoms with Crippen LogP contribution in [0.2, 0.25) is 0 Å². The third kappa shape index (κ3) is 2.32. The topological polar surface area (TPSA) is 61.2 Å². The fourth-order valence-corrected chi connectivity index (χ4v) is 2.49. The third-order valence-corrected chi connectivity index (χ3v) is 3.66. The first kappa shape index (κ1) is 14.3. The molecule has 0 saturated heterocycles.